The molecule has 4 rings (SSSR count). The van der Waals surface area contributed by atoms with Crippen LogP contribution >= 0.6 is 23.2 Å². The van der Waals surface area contributed by atoms with Crippen molar-refractivity contribution in [3.05, 3.63) is 99.7 Å². The van der Waals surface area contributed by atoms with Crippen LogP contribution in [0.3, 0.4) is 0 Å². The van der Waals surface area contributed by atoms with Crippen LogP contribution in [0.25, 0.3) is 0 Å². The highest BCUT2D eigenvalue weighted by molar-refractivity contribution is 6.53. The third-order valence-corrected chi connectivity index (χ3v) is 6.06. The molecule has 0 unspecified atom stereocenters. The third kappa shape index (κ3) is 4.42. The number of amides is 3. The molecule has 172 valence electrons. The van der Waals surface area contributed by atoms with Crippen molar-refractivity contribution in [3.63, 3.8) is 0 Å². The molecule has 0 fully saturated rings. The fraction of sp³-hybridized carbons (Fsp3) is 0.115. The third-order valence-electron chi connectivity index (χ3n) is 5.47. The van der Waals surface area contributed by atoms with Gasteiger partial charge in [0.1, 0.15) is 10.7 Å². The minimum absolute atomic E-state index is 0.0374. The number of aryl methyl sites for hydroxylation is 1. The minimum Gasteiger partial charge on any atom is -0.350 e. The van der Waals surface area contributed by atoms with Crippen LogP contribution in [-0.4, -0.2) is 24.3 Å². The van der Waals surface area contributed by atoms with Crippen LogP contribution in [0.4, 0.5) is 17.1 Å². The van der Waals surface area contributed by atoms with E-state index >= 15 is 0 Å². The highest BCUT2D eigenvalue weighted by atomic mass is 35.5. The molecule has 0 radical (unpaired) electrons. The number of carbonyl (C=O) groups excluding carboxylic acids is 3. The van der Waals surface area contributed by atoms with Gasteiger partial charge in [0.15, 0.2) is 0 Å². The van der Waals surface area contributed by atoms with Crippen LogP contribution in [0.2, 0.25) is 5.02 Å². The van der Waals surface area contributed by atoms with Gasteiger partial charge in [0.05, 0.1) is 5.69 Å². The summed E-state index contributed by atoms with van der Waals surface area (Å²) in [6.07, 6.45) is 0. The fourth-order valence-corrected chi connectivity index (χ4v) is 4.08. The van der Waals surface area contributed by atoms with E-state index in [0.29, 0.717) is 34.1 Å². The Morgan fingerprint density at radius 2 is 1.62 bits per heavy atom. The molecule has 8 heteroatoms. The maximum absolute atomic E-state index is 13.1. The Labute approximate surface area is 207 Å². The lowest BCUT2D eigenvalue weighted by molar-refractivity contribution is -0.120. The molecular weight excluding hydrogens is 473 g/mol. The molecule has 1 N–H and O–H groups in total. The van der Waals surface area contributed by atoms with Gasteiger partial charge in [-0.25, -0.2) is 4.90 Å². The summed E-state index contributed by atoms with van der Waals surface area (Å²) < 4.78 is 0. The summed E-state index contributed by atoms with van der Waals surface area (Å²) in [4.78, 5) is 41.5. The van der Waals surface area contributed by atoms with E-state index < -0.39 is 11.8 Å². The summed E-state index contributed by atoms with van der Waals surface area (Å²) >= 11 is 12.3. The lowest BCUT2D eigenvalue weighted by Gasteiger charge is -2.21. The zero-order chi connectivity index (χ0) is 24.4. The maximum Gasteiger partial charge on any atom is 0.283 e. The standard InChI is InChI=1S/C26H21Cl2N3O3/c1-3-30(20-7-5-4-6-8-20)24(32)17-10-13-19(14-11-17)29-23-22(28)25(33)31(26(23)34)21-15-18(27)12-9-16(21)2/h4-15,29H,3H2,1-2H3. The molecule has 3 amide bonds. The van der Waals surface area contributed by atoms with Crippen LogP contribution < -0.4 is 15.1 Å². The second kappa shape index (κ2) is 9.71. The van der Waals surface area contributed by atoms with Gasteiger partial charge in [-0.05, 0) is 67.9 Å². The van der Waals surface area contributed by atoms with Crippen LogP contribution in [0.15, 0.2) is 83.5 Å². The Bertz CT molecular complexity index is 1300. The average molecular weight is 494 g/mol. The Morgan fingerprint density at radius 3 is 2.26 bits per heavy atom. The number of benzene rings is 3. The van der Waals surface area contributed by atoms with Crippen molar-refractivity contribution in [2.24, 2.45) is 0 Å². The molecule has 0 bridgehead atoms. The number of anilines is 3. The second-order valence-electron chi connectivity index (χ2n) is 7.65. The number of nitrogens with one attached hydrogen (secondary N) is 1. The monoisotopic (exact) mass is 493 g/mol. The molecule has 1 heterocycles. The highest BCUT2D eigenvalue weighted by Crippen LogP contribution is 2.33. The number of hydrogen-bond acceptors (Lipinski definition) is 4. The van der Waals surface area contributed by atoms with E-state index in [1.165, 1.54) is 0 Å². The normalized spacial score (nSPS) is 13.5. The number of imide groups is 1. The van der Waals surface area contributed by atoms with E-state index in [1.807, 2.05) is 37.3 Å². The fourth-order valence-electron chi connectivity index (χ4n) is 3.70. The van der Waals surface area contributed by atoms with Crippen molar-refractivity contribution in [2.45, 2.75) is 13.8 Å². The van der Waals surface area contributed by atoms with Crippen LogP contribution in [0.5, 0.6) is 0 Å². The minimum atomic E-state index is -0.632. The predicted octanol–water partition coefficient (Wildman–Crippen LogP) is 5.75. The molecule has 0 aliphatic carbocycles. The molecule has 0 spiro atoms. The Balaban J connectivity index is 1.54. The van der Waals surface area contributed by atoms with Gasteiger partial charge in [0, 0.05) is 28.5 Å². The molecule has 0 aromatic heterocycles. The first-order valence-electron chi connectivity index (χ1n) is 10.6. The molecule has 3 aromatic rings. The van der Waals surface area contributed by atoms with E-state index in [2.05, 4.69) is 5.32 Å². The quantitative estimate of drug-likeness (QED) is 0.443. The Hall–Kier alpha value is -3.61. The van der Waals surface area contributed by atoms with Gasteiger partial charge in [0.25, 0.3) is 17.7 Å². The number of para-hydroxylation sites is 1. The summed E-state index contributed by atoms with van der Waals surface area (Å²) in [5.41, 5.74) is 2.85. The summed E-state index contributed by atoms with van der Waals surface area (Å²) in [5, 5.41) is 3.11. The van der Waals surface area contributed by atoms with Crippen LogP contribution in [-0.2, 0) is 9.59 Å². The van der Waals surface area contributed by atoms with Gasteiger partial charge in [-0.15, -0.1) is 0 Å². The highest BCUT2D eigenvalue weighted by Gasteiger charge is 2.39. The van der Waals surface area contributed by atoms with Crippen molar-refractivity contribution in [1.82, 2.24) is 0 Å². The van der Waals surface area contributed by atoms with Gasteiger partial charge in [-0.1, -0.05) is 47.5 Å². The Morgan fingerprint density at radius 1 is 0.941 bits per heavy atom. The van der Waals surface area contributed by atoms with Crippen molar-refractivity contribution in [2.75, 3.05) is 21.7 Å². The smallest absolute Gasteiger partial charge is 0.283 e. The van der Waals surface area contributed by atoms with Crippen molar-refractivity contribution >= 4 is 58.0 Å². The van der Waals surface area contributed by atoms with E-state index in [9.17, 15) is 14.4 Å². The van der Waals surface area contributed by atoms with Crippen molar-refractivity contribution in [3.8, 4) is 0 Å². The predicted molar refractivity (Wildman–Crippen MR) is 135 cm³/mol. The SMILES string of the molecule is CCN(C(=O)c1ccc(NC2=C(Cl)C(=O)N(c3cc(Cl)ccc3C)C2=O)cc1)c1ccccc1. The van der Waals surface area contributed by atoms with E-state index in [-0.39, 0.29) is 16.6 Å². The first kappa shape index (κ1) is 23.5. The number of hydrogen-bond donors (Lipinski definition) is 1. The maximum atomic E-state index is 13.1. The average Bonchev–Trinajstić information content (AvgIpc) is 3.05. The summed E-state index contributed by atoms with van der Waals surface area (Å²) in [7, 11) is 0. The van der Waals surface area contributed by atoms with Gasteiger partial charge in [-0.3, -0.25) is 14.4 Å². The summed E-state index contributed by atoms with van der Waals surface area (Å²) in [6, 6.07) is 21.0. The van der Waals surface area contributed by atoms with Crippen molar-refractivity contribution < 1.29 is 14.4 Å². The zero-order valence-corrected chi connectivity index (χ0v) is 20.0. The lowest BCUT2D eigenvalue weighted by atomic mass is 10.1. The molecule has 0 saturated carbocycles. The van der Waals surface area contributed by atoms with Gasteiger partial charge < -0.3 is 10.2 Å². The number of nitrogens with zero attached hydrogens (tertiary/aromatic N) is 2. The van der Waals surface area contributed by atoms with Crippen LogP contribution in [0, 0.1) is 6.92 Å². The molecule has 3 aromatic carbocycles. The molecule has 6 nitrogen and oxygen atoms in total. The van der Waals surface area contributed by atoms with Crippen LogP contribution in [0.1, 0.15) is 22.8 Å². The molecule has 34 heavy (non-hydrogen) atoms. The number of rotatable bonds is 6. The first-order chi connectivity index (χ1) is 16.3. The van der Waals surface area contributed by atoms with Gasteiger partial charge >= 0.3 is 0 Å². The molecule has 1 aliphatic heterocycles. The van der Waals surface area contributed by atoms with Gasteiger partial charge in [0.2, 0.25) is 0 Å². The second-order valence-corrected chi connectivity index (χ2v) is 8.47. The van der Waals surface area contributed by atoms with E-state index in [4.69, 9.17) is 23.2 Å². The Kier molecular flexibility index (Phi) is 6.72. The molecule has 0 saturated heterocycles. The molecule has 1 aliphatic rings. The summed E-state index contributed by atoms with van der Waals surface area (Å²) in [5.74, 6) is -1.36. The molecular formula is C26H21Cl2N3O3. The number of carbonyl (C=O) groups is 3. The first-order valence-corrected chi connectivity index (χ1v) is 11.4. The van der Waals surface area contributed by atoms with Gasteiger partial charge in [-0.2, -0.15) is 0 Å². The van der Waals surface area contributed by atoms with E-state index in [0.717, 1.165) is 10.6 Å². The molecule has 0 atom stereocenters. The lowest BCUT2D eigenvalue weighted by Crippen LogP contribution is -2.32. The van der Waals surface area contributed by atoms with Crippen molar-refractivity contribution in [1.29, 1.82) is 0 Å². The zero-order valence-electron chi connectivity index (χ0n) is 18.5. The largest absolute Gasteiger partial charge is 0.350 e. The topological polar surface area (TPSA) is 69.7 Å². The number of halogens is 2. The van der Waals surface area contributed by atoms with E-state index in [1.54, 1.807) is 54.3 Å². The summed E-state index contributed by atoms with van der Waals surface area (Å²) in [6.45, 7) is 4.20.